The fraction of sp³-hybridized carbons (Fsp3) is 1.00. The lowest BCUT2D eigenvalue weighted by Crippen LogP contribution is -2.47. The van der Waals surface area contributed by atoms with Crippen molar-refractivity contribution in [2.45, 2.75) is 37.8 Å². The van der Waals surface area contributed by atoms with Crippen molar-refractivity contribution in [3.63, 3.8) is 0 Å². The topological polar surface area (TPSA) is 20.2 Å². The summed E-state index contributed by atoms with van der Waals surface area (Å²) in [5.41, 5.74) is 0. The summed E-state index contributed by atoms with van der Waals surface area (Å²) in [6.45, 7) is 1.19. The molecule has 2 bridgehead atoms. The standard InChI is InChI=1S/C10H20NO/c1-11(2)7-8-5-3-4-6-9(11)10(8)12/h8-10,12H,3-7H2,1-2H3/q+1. The first-order chi connectivity index (χ1) is 5.61. The van der Waals surface area contributed by atoms with E-state index >= 15 is 0 Å². The summed E-state index contributed by atoms with van der Waals surface area (Å²) in [4.78, 5) is 0. The Kier molecular flexibility index (Phi) is 1.92. The normalized spacial score (nSPS) is 45.8. The molecule has 2 rings (SSSR count). The molecule has 3 atom stereocenters. The third-order valence-electron chi connectivity index (χ3n) is 3.80. The van der Waals surface area contributed by atoms with Gasteiger partial charge in [-0.15, -0.1) is 0 Å². The van der Waals surface area contributed by atoms with Gasteiger partial charge in [0.05, 0.1) is 20.6 Å². The first-order valence-electron chi connectivity index (χ1n) is 5.12. The summed E-state index contributed by atoms with van der Waals surface area (Å²) in [5, 5.41) is 10.0. The van der Waals surface area contributed by atoms with Crippen molar-refractivity contribution in [3.8, 4) is 0 Å². The number of likely N-dealkylation sites (N-methyl/N-ethyl adjacent to an activating group) is 1. The zero-order valence-electron chi connectivity index (χ0n) is 8.16. The molecule has 0 amide bonds. The first kappa shape index (κ1) is 8.52. The molecule has 1 aliphatic carbocycles. The number of hydrogen-bond donors (Lipinski definition) is 1. The zero-order valence-corrected chi connectivity index (χ0v) is 8.16. The van der Waals surface area contributed by atoms with Crippen LogP contribution in [0.3, 0.4) is 0 Å². The third-order valence-corrected chi connectivity index (χ3v) is 3.80. The average Bonchev–Trinajstić information content (AvgIpc) is 2.17. The fourth-order valence-corrected chi connectivity index (χ4v) is 3.12. The lowest BCUT2D eigenvalue weighted by atomic mass is 10.0. The molecule has 1 saturated heterocycles. The maximum atomic E-state index is 10.0. The Morgan fingerprint density at radius 3 is 2.58 bits per heavy atom. The molecule has 2 aliphatic rings. The number of aliphatic hydroxyl groups is 1. The van der Waals surface area contributed by atoms with Crippen LogP contribution in [0.15, 0.2) is 0 Å². The van der Waals surface area contributed by atoms with E-state index in [9.17, 15) is 5.11 Å². The molecule has 0 aromatic heterocycles. The molecule has 0 spiro atoms. The molecule has 1 saturated carbocycles. The predicted octanol–water partition coefficient (Wildman–Crippen LogP) is 0.996. The number of fused-ring (bicyclic) bond motifs is 2. The number of rotatable bonds is 0. The number of nitrogens with zero attached hydrogens (tertiary/aromatic N) is 1. The minimum atomic E-state index is -0.0116. The summed E-state index contributed by atoms with van der Waals surface area (Å²) in [6.07, 6.45) is 5.12. The van der Waals surface area contributed by atoms with Crippen molar-refractivity contribution in [3.05, 3.63) is 0 Å². The molecule has 1 N–H and O–H groups in total. The Bertz CT molecular complexity index is 179. The van der Waals surface area contributed by atoms with Gasteiger partial charge in [0.15, 0.2) is 0 Å². The van der Waals surface area contributed by atoms with Gasteiger partial charge in [0, 0.05) is 12.3 Å². The van der Waals surface area contributed by atoms with Crippen LogP contribution in [0.1, 0.15) is 25.7 Å². The van der Waals surface area contributed by atoms with Crippen molar-refractivity contribution in [2.75, 3.05) is 20.6 Å². The van der Waals surface area contributed by atoms with Crippen molar-refractivity contribution in [2.24, 2.45) is 5.92 Å². The van der Waals surface area contributed by atoms with E-state index in [1.807, 2.05) is 0 Å². The van der Waals surface area contributed by atoms with Gasteiger partial charge in [0.1, 0.15) is 12.1 Å². The molecule has 2 heteroatoms. The van der Waals surface area contributed by atoms with Crippen LogP contribution in [0, 0.1) is 5.92 Å². The highest BCUT2D eigenvalue weighted by Crippen LogP contribution is 2.37. The van der Waals surface area contributed by atoms with Gasteiger partial charge in [0.2, 0.25) is 0 Å². The van der Waals surface area contributed by atoms with Crippen LogP contribution in [0.25, 0.3) is 0 Å². The van der Waals surface area contributed by atoms with Gasteiger partial charge in [-0.05, 0) is 12.8 Å². The number of quaternary nitrogens is 1. The van der Waals surface area contributed by atoms with E-state index in [1.165, 1.54) is 32.2 Å². The molecule has 3 unspecified atom stereocenters. The second kappa shape index (κ2) is 2.71. The van der Waals surface area contributed by atoms with E-state index in [2.05, 4.69) is 14.1 Å². The van der Waals surface area contributed by atoms with Crippen LogP contribution in [0.2, 0.25) is 0 Å². The number of hydrogen-bond acceptors (Lipinski definition) is 1. The monoisotopic (exact) mass is 170 g/mol. The van der Waals surface area contributed by atoms with Crippen molar-refractivity contribution in [1.82, 2.24) is 0 Å². The van der Waals surface area contributed by atoms with Gasteiger partial charge >= 0.3 is 0 Å². The molecular weight excluding hydrogens is 150 g/mol. The largest absolute Gasteiger partial charge is 0.386 e. The van der Waals surface area contributed by atoms with Gasteiger partial charge in [0.25, 0.3) is 0 Å². The lowest BCUT2D eigenvalue weighted by molar-refractivity contribution is -0.905. The Balaban J connectivity index is 2.20. The second-order valence-corrected chi connectivity index (χ2v) is 5.06. The smallest absolute Gasteiger partial charge is 0.115 e. The Morgan fingerprint density at radius 2 is 1.83 bits per heavy atom. The van der Waals surface area contributed by atoms with Crippen LogP contribution >= 0.6 is 0 Å². The summed E-state index contributed by atoms with van der Waals surface area (Å²) in [5.74, 6) is 0.590. The van der Waals surface area contributed by atoms with E-state index in [0.717, 1.165) is 4.48 Å². The predicted molar refractivity (Wildman–Crippen MR) is 48.7 cm³/mol. The third kappa shape index (κ3) is 1.17. The van der Waals surface area contributed by atoms with Crippen molar-refractivity contribution >= 4 is 0 Å². The minimum Gasteiger partial charge on any atom is -0.386 e. The van der Waals surface area contributed by atoms with Crippen LogP contribution in [-0.4, -0.2) is 42.4 Å². The lowest BCUT2D eigenvalue weighted by Gasteiger charge is -2.32. The van der Waals surface area contributed by atoms with Crippen LogP contribution in [0.4, 0.5) is 0 Å². The SMILES string of the molecule is C[N+]1(C)CC2CCCCC1C2O. The molecular formula is C10H20NO+. The number of likely N-dealkylation sites (tertiary alicyclic amines) is 1. The van der Waals surface area contributed by atoms with Gasteiger partial charge < -0.3 is 9.59 Å². The van der Waals surface area contributed by atoms with Gasteiger partial charge in [-0.1, -0.05) is 6.42 Å². The number of aliphatic hydroxyl groups excluding tert-OH is 1. The van der Waals surface area contributed by atoms with Crippen LogP contribution in [-0.2, 0) is 0 Å². The molecule has 0 radical (unpaired) electrons. The molecule has 70 valence electrons. The van der Waals surface area contributed by atoms with E-state index < -0.39 is 0 Å². The van der Waals surface area contributed by atoms with Crippen LogP contribution < -0.4 is 0 Å². The quantitative estimate of drug-likeness (QED) is 0.538. The van der Waals surface area contributed by atoms with Gasteiger partial charge in [-0.3, -0.25) is 0 Å². The Labute approximate surface area is 74.8 Å². The summed E-state index contributed by atoms with van der Waals surface area (Å²) in [7, 11) is 4.53. The van der Waals surface area contributed by atoms with E-state index in [-0.39, 0.29) is 6.10 Å². The molecule has 0 aromatic rings. The highest BCUT2D eigenvalue weighted by molar-refractivity contribution is 4.86. The average molecular weight is 170 g/mol. The fourth-order valence-electron chi connectivity index (χ4n) is 3.12. The highest BCUT2D eigenvalue weighted by atomic mass is 16.3. The first-order valence-corrected chi connectivity index (χ1v) is 5.12. The van der Waals surface area contributed by atoms with Gasteiger partial charge in [-0.25, -0.2) is 0 Å². The van der Waals surface area contributed by atoms with Crippen LogP contribution in [0.5, 0.6) is 0 Å². The van der Waals surface area contributed by atoms with Crippen molar-refractivity contribution < 1.29 is 9.59 Å². The molecule has 2 fully saturated rings. The highest BCUT2D eigenvalue weighted by Gasteiger charge is 2.48. The maximum absolute atomic E-state index is 10.0. The van der Waals surface area contributed by atoms with E-state index in [0.29, 0.717) is 12.0 Å². The summed E-state index contributed by atoms with van der Waals surface area (Å²) < 4.78 is 1.05. The van der Waals surface area contributed by atoms with Gasteiger partial charge in [-0.2, -0.15) is 0 Å². The van der Waals surface area contributed by atoms with Crippen molar-refractivity contribution in [1.29, 1.82) is 0 Å². The maximum Gasteiger partial charge on any atom is 0.115 e. The summed E-state index contributed by atoms with van der Waals surface area (Å²) >= 11 is 0. The molecule has 1 aliphatic heterocycles. The minimum absolute atomic E-state index is 0.0116. The zero-order chi connectivity index (χ0) is 8.77. The Hall–Kier alpha value is -0.0800. The van der Waals surface area contributed by atoms with E-state index in [1.54, 1.807) is 0 Å². The second-order valence-electron chi connectivity index (χ2n) is 5.06. The molecule has 12 heavy (non-hydrogen) atoms. The Morgan fingerprint density at radius 1 is 1.17 bits per heavy atom. The summed E-state index contributed by atoms with van der Waals surface area (Å²) in [6, 6.07) is 0.525. The molecule has 1 heterocycles. The van der Waals surface area contributed by atoms with E-state index in [4.69, 9.17) is 0 Å². The molecule has 0 aromatic carbocycles. The molecule has 2 nitrogen and oxygen atoms in total.